The fourth-order valence-corrected chi connectivity index (χ4v) is 2.18. The molecule has 1 amide bonds. The Morgan fingerprint density at radius 3 is 2.55 bits per heavy atom. The first-order valence-electron chi connectivity index (χ1n) is 6.73. The lowest BCUT2D eigenvalue weighted by Gasteiger charge is -2.00. The molecule has 0 saturated carbocycles. The molecule has 112 valence electrons. The van der Waals surface area contributed by atoms with E-state index in [1.807, 2.05) is 25.1 Å². The molecule has 0 unspecified atom stereocenters. The number of hydrogen-bond donors (Lipinski definition) is 1. The van der Waals surface area contributed by atoms with Gasteiger partial charge in [-0.15, -0.1) is 0 Å². The summed E-state index contributed by atoms with van der Waals surface area (Å²) >= 11 is 3.30. The number of rotatable bonds is 5. The highest BCUT2D eigenvalue weighted by Crippen LogP contribution is 2.11. The number of benzene rings is 2. The molecule has 0 bridgehead atoms. The van der Waals surface area contributed by atoms with E-state index in [1.54, 1.807) is 30.3 Å². The van der Waals surface area contributed by atoms with Crippen molar-refractivity contribution >= 4 is 33.8 Å². The number of Topliss-reactive ketones (excluding diaryl/α,β-unsaturated/α-hetero) is 1. The lowest BCUT2D eigenvalue weighted by Crippen LogP contribution is -2.17. The van der Waals surface area contributed by atoms with Crippen LogP contribution < -0.4 is 5.43 Å². The Hall–Kier alpha value is -2.27. The van der Waals surface area contributed by atoms with Gasteiger partial charge in [0.15, 0.2) is 5.78 Å². The number of halogens is 1. The van der Waals surface area contributed by atoms with Crippen molar-refractivity contribution in [3.63, 3.8) is 0 Å². The van der Waals surface area contributed by atoms with Crippen LogP contribution in [0.5, 0.6) is 0 Å². The van der Waals surface area contributed by atoms with Crippen LogP contribution in [0.2, 0.25) is 0 Å². The lowest BCUT2D eigenvalue weighted by molar-refractivity contribution is 0.0951. The second kappa shape index (κ2) is 7.66. The third-order valence-electron chi connectivity index (χ3n) is 2.99. The molecule has 5 heteroatoms. The maximum absolute atomic E-state index is 11.9. The van der Waals surface area contributed by atoms with Crippen LogP contribution in [0.25, 0.3) is 0 Å². The highest BCUT2D eigenvalue weighted by atomic mass is 79.9. The maximum Gasteiger partial charge on any atom is 0.271 e. The minimum absolute atomic E-state index is 0.0412. The van der Waals surface area contributed by atoms with E-state index >= 15 is 0 Å². The van der Waals surface area contributed by atoms with Gasteiger partial charge >= 0.3 is 0 Å². The third-order valence-corrected chi connectivity index (χ3v) is 3.49. The van der Waals surface area contributed by atoms with Crippen molar-refractivity contribution in [2.75, 3.05) is 0 Å². The van der Waals surface area contributed by atoms with Crippen LogP contribution in [0, 0.1) is 6.92 Å². The number of hydrazone groups is 1. The standard InChI is InChI=1S/C17H15BrN2O2/c1-12-5-7-13(8-6-12)16(21)9-10-19-20-17(22)14-3-2-4-15(18)11-14/h2-8,10-11H,9H2,1H3,(H,20,22). The Bertz CT molecular complexity index is 709. The zero-order valence-electron chi connectivity index (χ0n) is 12.0. The molecule has 2 aromatic carbocycles. The van der Waals surface area contributed by atoms with Crippen molar-refractivity contribution in [2.24, 2.45) is 5.10 Å². The first kappa shape index (κ1) is 16.1. The van der Waals surface area contributed by atoms with Crippen LogP contribution in [0.15, 0.2) is 58.1 Å². The number of nitrogens with one attached hydrogen (secondary N) is 1. The molecule has 0 aliphatic heterocycles. The van der Waals surface area contributed by atoms with Gasteiger partial charge in [-0.25, -0.2) is 5.43 Å². The molecule has 4 nitrogen and oxygen atoms in total. The molecular weight excluding hydrogens is 344 g/mol. The van der Waals surface area contributed by atoms with Crippen LogP contribution in [-0.4, -0.2) is 17.9 Å². The lowest BCUT2D eigenvalue weighted by atomic mass is 10.1. The van der Waals surface area contributed by atoms with Gasteiger partial charge in [-0.1, -0.05) is 51.8 Å². The Balaban J connectivity index is 1.86. The van der Waals surface area contributed by atoms with Crippen LogP contribution in [-0.2, 0) is 0 Å². The van der Waals surface area contributed by atoms with E-state index in [9.17, 15) is 9.59 Å². The summed E-state index contributed by atoms with van der Waals surface area (Å²) in [7, 11) is 0. The Labute approximate surface area is 137 Å². The predicted molar refractivity (Wildman–Crippen MR) is 90.2 cm³/mol. The number of ketones is 1. The van der Waals surface area contributed by atoms with E-state index in [4.69, 9.17) is 0 Å². The SMILES string of the molecule is Cc1ccc(C(=O)CC=NNC(=O)c2cccc(Br)c2)cc1. The highest BCUT2D eigenvalue weighted by Gasteiger charge is 2.05. The van der Waals surface area contributed by atoms with Crippen molar-refractivity contribution in [3.05, 3.63) is 69.7 Å². The van der Waals surface area contributed by atoms with E-state index in [0.717, 1.165) is 10.0 Å². The average Bonchev–Trinajstić information content (AvgIpc) is 2.51. The van der Waals surface area contributed by atoms with E-state index < -0.39 is 0 Å². The van der Waals surface area contributed by atoms with E-state index in [2.05, 4.69) is 26.5 Å². The topological polar surface area (TPSA) is 58.5 Å². The van der Waals surface area contributed by atoms with Gasteiger partial charge in [0.05, 0.1) is 0 Å². The first-order chi connectivity index (χ1) is 10.6. The largest absolute Gasteiger partial charge is 0.294 e. The average molecular weight is 359 g/mol. The van der Waals surface area contributed by atoms with Gasteiger partial charge in [-0.05, 0) is 25.1 Å². The number of aryl methyl sites for hydroxylation is 1. The molecule has 0 atom stereocenters. The maximum atomic E-state index is 11.9. The Morgan fingerprint density at radius 2 is 1.86 bits per heavy atom. The van der Waals surface area contributed by atoms with E-state index in [1.165, 1.54) is 6.21 Å². The van der Waals surface area contributed by atoms with Gasteiger partial charge in [0.25, 0.3) is 5.91 Å². The minimum atomic E-state index is -0.319. The van der Waals surface area contributed by atoms with Gasteiger partial charge in [0, 0.05) is 28.2 Å². The van der Waals surface area contributed by atoms with Crippen LogP contribution in [0.4, 0.5) is 0 Å². The molecule has 22 heavy (non-hydrogen) atoms. The predicted octanol–water partition coefficient (Wildman–Crippen LogP) is 3.75. The van der Waals surface area contributed by atoms with Crippen molar-refractivity contribution in [1.82, 2.24) is 5.43 Å². The second-order valence-corrected chi connectivity index (χ2v) is 5.67. The fourth-order valence-electron chi connectivity index (χ4n) is 1.78. The van der Waals surface area contributed by atoms with Crippen molar-refractivity contribution in [2.45, 2.75) is 13.3 Å². The number of nitrogens with zero attached hydrogens (tertiary/aromatic N) is 1. The minimum Gasteiger partial charge on any atom is -0.294 e. The molecule has 0 aliphatic carbocycles. The summed E-state index contributed by atoms with van der Waals surface area (Å²) < 4.78 is 0.818. The van der Waals surface area contributed by atoms with Crippen LogP contribution >= 0.6 is 15.9 Å². The summed E-state index contributed by atoms with van der Waals surface area (Å²) in [6.07, 6.45) is 1.54. The molecule has 0 fully saturated rings. The molecule has 0 heterocycles. The smallest absolute Gasteiger partial charge is 0.271 e. The summed E-state index contributed by atoms with van der Waals surface area (Å²) in [4.78, 5) is 23.7. The fraction of sp³-hybridized carbons (Fsp3) is 0.118. The number of carbonyl (C=O) groups is 2. The summed E-state index contributed by atoms with van der Waals surface area (Å²) in [5, 5.41) is 3.80. The number of amides is 1. The number of carbonyl (C=O) groups excluding carboxylic acids is 2. The quantitative estimate of drug-likeness (QED) is 0.502. The number of hydrogen-bond acceptors (Lipinski definition) is 3. The highest BCUT2D eigenvalue weighted by molar-refractivity contribution is 9.10. The third kappa shape index (κ3) is 4.63. The van der Waals surface area contributed by atoms with Gasteiger partial charge in [0.2, 0.25) is 0 Å². The molecule has 0 radical (unpaired) electrons. The van der Waals surface area contributed by atoms with Gasteiger partial charge < -0.3 is 0 Å². The van der Waals surface area contributed by atoms with Crippen molar-refractivity contribution in [3.8, 4) is 0 Å². The summed E-state index contributed by atoms with van der Waals surface area (Å²) in [5.74, 6) is -0.360. The van der Waals surface area contributed by atoms with E-state index in [0.29, 0.717) is 11.1 Å². The van der Waals surface area contributed by atoms with Crippen molar-refractivity contribution < 1.29 is 9.59 Å². The molecule has 2 rings (SSSR count). The zero-order chi connectivity index (χ0) is 15.9. The van der Waals surface area contributed by atoms with Crippen LogP contribution in [0.3, 0.4) is 0 Å². The van der Waals surface area contributed by atoms with Gasteiger partial charge in [-0.2, -0.15) is 5.10 Å². The molecule has 2 aromatic rings. The van der Waals surface area contributed by atoms with Gasteiger partial charge in [0.1, 0.15) is 0 Å². The Kier molecular flexibility index (Phi) is 5.61. The molecular formula is C17H15BrN2O2. The summed E-state index contributed by atoms with van der Waals surface area (Å²) in [5.41, 5.74) is 4.63. The monoisotopic (exact) mass is 358 g/mol. The molecule has 0 aliphatic rings. The first-order valence-corrected chi connectivity index (χ1v) is 7.53. The molecule has 0 spiro atoms. The zero-order valence-corrected chi connectivity index (χ0v) is 13.6. The molecule has 0 saturated heterocycles. The Morgan fingerprint density at radius 1 is 1.14 bits per heavy atom. The van der Waals surface area contributed by atoms with E-state index in [-0.39, 0.29) is 18.1 Å². The molecule has 1 N–H and O–H groups in total. The second-order valence-electron chi connectivity index (χ2n) is 4.76. The summed E-state index contributed by atoms with van der Waals surface area (Å²) in [6, 6.07) is 14.3. The van der Waals surface area contributed by atoms with Crippen LogP contribution in [0.1, 0.15) is 32.7 Å². The van der Waals surface area contributed by atoms with Crippen molar-refractivity contribution in [1.29, 1.82) is 0 Å². The molecule has 0 aromatic heterocycles. The van der Waals surface area contributed by atoms with Gasteiger partial charge in [-0.3, -0.25) is 9.59 Å². The summed E-state index contributed by atoms with van der Waals surface area (Å²) in [6.45, 7) is 1.97. The normalized spacial score (nSPS) is 10.6.